The number of hydrogen-bond acceptors (Lipinski definition) is 1. The average molecular weight is 285 g/mol. The molecule has 92 valence electrons. The SMILES string of the molecule is O=C(O)[C@@H]1C(c2cc(F)c(F)c(F)c2)C1(Cl)Cl. The fraction of sp³-hybridized carbons (Fsp3) is 0.300. The highest BCUT2D eigenvalue weighted by molar-refractivity contribution is 6.53. The molecule has 1 aromatic carbocycles. The number of hydrogen-bond donors (Lipinski definition) is 1. The maximum Gasteiger partial charge on any atom is 0.310 e. The van der Waals surface area contributed by atoms with E-state index in [1.54, 1.807) is 0 Å². The van der Waals surface area contributed by atoms with Crippen LogP contribution in [0.2, 0.25) is 0 Å². The van der Waals surface area contributed by atoms with E-state index in [1.165, 1.54) is 0 Å². The van der Waals surface area contributed by atoms with E-state index in [2.05, 4.69) is 0 Å². The summed E-state index contributed by atoms with van der Waals surface area (Å²) in [4.78, 5) is 10.8. The number of benzene rings is 1. The molecule has 0 bridgehead atoms. The van der Waals surface area contributed by atoms with Crippen LogP contribution in [0, 0.1) is 23.4 Å². The summed E-state index contributed by atoms with van der Waals surface area (Å²) in [7, 11) is 0. The average Bonchev–Trinajstić information content (AvgIpc) is 2.77. The minimum Gasteiger partial charge on any atom is -0.481 e. The van der Waals surface area contributed by atoms with E-state index < -0.39 is 39.6 Å². The van der Waals surface area contributed by atoms with E-state index in [4.69, 9.17) is 28.3 Å². The van der Waals surface area contributed by atoms with Crippen LogP contribution in [-0.2, 0) is 4.79 Å². The highest BCUT2D eigenvalue weighted by Gasteiger charge is 2.68. The van der Waals surface area contributed by atoms with E-state index in [-0.39, 0.29) is 5.56 Å². The van der Waals surface area contributed by atoms with Gasteiger partial charge in [-0.3, -0.25) is 4.79 Å². The predicted molar refractivity (Wildman–Crippen MR) is 54.6 cm³/mol. The van der Waals surface area contributed by atoms with Crippen molar-refractivity contribution >= 4 is 29.2 Å². The molecule has 1 aromatic rings. The van der Waals surface area contributed by atoms with Gasteiger partial charge in [0.05, 0.1) is 5.92 Å². The Labute approximate surface area is 104 Å². The van der Waals surface area contributed by atoms with Gasteiger partial charge in [-0.25, -0.2) is 13.2 Å². The van der Waals surface area contributed by atoms with Gasteiger partial charge in [-0.2, -0.15) is 0 Å². The summed E-state index contributed by atoms with van der Waals surface area (Å²) in [6.45, 7) is 0. The Balaban J connectivity index is 2.41. The molecule has 2 atom stereocenters. The molecule has 2 rings (SSSR count). The highest BCUT2D eigenvalue weighted by atomic mass is 35.5. The lowest BCUT2D eigenvalue weighted by atomic mass is 10.1. The Morgan fingerprint density at radius 3 is 2.06 bits per heavy atom. The van der Waals surface area contributed by atoms with Crippen LogP contribution in [0.4, 0.5) is 13.2 Å². The molecule has 0 heterocycles. The second-order valence-electron chi connectivity index (χ2n) is 3.77. The second-order valence-corrected chi connectivity index (χ2v) is 5.21. The molecule has 1 unspecified atom stereocenters. The van der Waals surface area contributed by atoms with Crippen LogP contribution >= 0.6 is 23.2 Å². The number of halogens is 5. The Morgan fingerprint density at radius 2 is 1.71 bits per heavy atom. The Morgan fingerprint density at radius 1 is 1.24 bits per heavy atom. The van der Waals surface area contributed by atoms with Crippen LogP contribution in [0.5, 0.6) is 0 Å². The number of rotatable bonds is 2. The zero-order valence-corrected chi connectivity index (χ0v) is 9.57. The van der Waals surface area contributed by atoms with Crippen LogP contribution in [-0.4, -0.2) is 15.4 Å². The third-order valence-electron chi connectivity index (χ3n) is 2.68. The first-order chi connectivity index (χ1) is 7.76. The molecule has 1 aliphatic rings. The quantitative estimate of drug-likeness (QED) is 0.669. The molecule has 0 saturated heterocycles. The van der Waals surface area contributed by atoms with Gasteiger partial charge in [0.2, 0.25) is 0 Å². The Kier molecular flexibility index (Phi) is 2.78. The van der Waals surface area contributed by atoms with E-state index in [1.807, 2.05) is 0 Å². The van der Waals surface area contributed by atoms with E-state index in [0.29, 0.717) is 12.1 Å². The van der Waals surface area contributed by atoms with Crippen LogP contribution < -0.4 is 0 Å². The normalized spacial score (nSPS) is 25.7. The number of aliphatic carboxylic acids is 1. The lowest BCUT2D eigenvalue weighted by molar-refractivity contribution is -0.138. The van der Waals surface area contributed by atoms with E-state index >= 15 is 0 Å². The zero-order chi connectivity index (χ0) is 13.0. The minimum absolute atomic E-state index is 0.0706. The monoisotopic (exact) mass is 284 g/mol. The lowest BCUT2D eigenvalue weighted by Crippen LogP contribution is -2.03. The maximum atomic E-state index is 13.0. The van der Waals surface area contributed by atoms with Crippen molar-refractivity contribution in [2.24, 2.45) is 5.92 Å². The Hall–Kier alpha value is -0.940. The molecule has 0 radical (unpaired) electrons. The number of alkyl halides is 2. The molecule has 1 N–H and O–H groups in total. The molecule has 7 heteroatoms. The fourth-order valence-electron chi connectivity index (χ4n) is 1.80. The summed E-state index contributed by atoms with van der Waals surface area (Å²) in [6.07, 6.45) is 0. The van der Waals surface area contributed by atoms with E-state index in [0.717, 1.165) is 0 Å². The van der Waals surface area contributed by atoms with Gasteiger partial charge in [-0.15, -0.1) is 0 Å². The van der Waals surface area contributed by atoms with Gasteiger partial charge in [0.15, 0.2) is 17.5 Å². The number of carboxylic acids is 1. The van der Waals surface area contributed by atoms with Crippen LogP contribution in [0.1, 0.15) is 11.5 Å². The zero-order valence-electron chi connectivity index (χ0n) is 8.05. The number of carbonyl (C=O) groups is 1. The minimum atomic E-state index is -1.62. The molecular weight excluding hydrogens is 280 g/mol. The fourth-order valence-corrected chi connectivity index (χ4v) is 2.62. The van der Waals surface area contributed by atoms with Crippen molar-refractivity contribution in [2.45, 2.75) is 10.3 Å². The van der Waals surface area contributed by atoms with Crippen LogP contribution in [0.3, 0.4) is 0 Å². The van der Waals surface area contributed by atoms with Gasteiger partial charge in [-0.05, 0) is 17.7 Å². The topological polar surface area (TPSA) is 37.3 Å². The molecule has 17 heavy (non-hydrogen) atoms. The third-order valence-corrected chi connectivity index (χ3v) is 3.63. The van der Waals surface area contributed by atoms with Crippen molar-refractivity contribution in [1.82, 2.24) is 0 Å². The van der Waals surface area contributed by atoms with E-state index in [9.17, 15) is 18.0 Å². The lowest BCUT2D eigenvalue weighted by Gasteiger charge is -2.02. The first kappa shape index (κ1) is 12.5. The molecule has 2 nitrogen and oxygen atoms in total. The maximum absolute atomic E-state index is 13.0. The summed E-state index contributed by atoms with van der Waals surface area (Å²) >= 11 is 11.4. The molecule has 1 saturated carbocycles. The van der Waals surface area contributed by atoms with Crippen molar-refractivity contribution in [2.75, 3.05) is 0 Å². The molecule has 0 amide bonds. The highest BCUT2D eigenvalue weighted by Crippen LogP contribution is 2.65. The van der Waals surface area contributed by atoms with Crippen molar-refractivity contribution in [1.29, 1.82) is 0 Å². The molecule has 1 fully saturated rings. The first-order valence-electron chi connectivity index (χ1n) is 4.52. The standard InChI is InChI=1S/C10H5Cl2F3O2/c11-10(12)6(7(10)9(16)17)3-1-4(13)8(15)5(14)2-3/h1-2,6-7H,(H,16,17)/t6?,7-/m0/s1. The van der Waals surface area contributed by atoms with Gasteiger partial charge in [-0.1, -0.05) is 23.2 Å². The first-order valence-corrected chi connectivity index (χ1v) is 5.27. The summed E-state index contributed by atoms with van der Waals surface area (Å²) in [6, 6.07) is 1.40. The van der Waals surface area contributed by atoms with Crippen molar-refractivity contribution < 1.29 is 23.1 Å². The summed E-state index contributed by atoms with van der Waals surface area (Å²) in [5.41, 5.74) is -0.0706. The smallest absolute Gasteiger partial charge is 0.310 e. The number of carboxylic acid groups (broad SMARTS) is 1. The van der Waals surface area contributed by atoms with Crippen molar-refractivity contribution in [3.8, 4) is 0 Å². The molecule has 1 aliphatic carbocycles. The molecule has 0 aromatic heterocycles. The summed E-state index contributed by atoms with van der Waals surface area (Å²) in [5.74, 6) is -7.80. The molecule has 0 spiro atoms. The van der Waals surface area contributed by atoms with Gasteiger partial charge in [0, 0.05) is 5.92 Å². The van der Waals surface area contributed by atoms with Crippen LogP contribution in [0.25, 0.3) is 0 Å². The summed E-state index contributed by atoms with van der Waals surface area (Å²) in [5, 5.41) is 8.78. The summed E-state index contributed by atoms with van der Waals surface area (Å²) < 4.78 is 37.0. The second kappa shape index (κ2) is 3.78. The van der Waals surface area contributed by atoms with Gasteiger partial charge in [0.25, 0.3) is 0 Å². The van der Waals surface area contributed by atoms with Gasteiger partial charge in [0.1, 0.15) is 4.33 Å². The van der Waals surface area contributed by atoms with Crippen LogP contribution in [0.15, 0.2) is 12.1 Å². The van der Waals surface area contributed by atoms with Crippen molar-refractivity contribution in [3.63, 3.8) is 0 Å². The van der Waals surface area contributed by atoms with Gasteiger partial charge < -0.3 is 5.11 Å². The Bertz CT molecular complexity index is 481. The molecule has 0 aliphatic heterocycles. The molecular formula is C10H5Cl2F3O2. The van der Waals surface area contributed by atoms with Gasteiger partial charge >= 0.3 is 5.97 Å². The third kappa shape index (κ3) is 1.87. The van der Waals surface area contributed by atoms with Crippen molar-refractivity contribution in [3.05, 3.63) is 35.1 Å². The largest absolute Gasteiger partial charge is 0.481 e. The predicted octanol–water partition coefficient (Wildman–Crippen LogP) is 3.08.